The van der Waals surface area contributed by atoms with E-state index in [0.29, 0.717) is 11.6 Å². The minimum atomic E-state index is -0.329. The summed E-state index contributed by atoms with van der Waals surface area (Å²) in [6, 6.07) is 7.28. The summed E-state index contributed by atoms with van der Waals surface area (Å²) in [5.74, 6) is -0.329. The van der Waals surface area contributed by atoms with Crippen LogP contribution in [0.5, 0.6) is 0 Å². The van der Waals surface area contributed by atoms with Gasteiger partial charge in [-0.25, -0.2) is 0 Å². The van der Waals surface area contributed by atoms with Crippen molar-refractivity contribution in [2.24, 2.45) is 5.73 Å². The van der Waals surface area contributed by atoms with Crippen molar-refractivity contribution in [1.82, 2.24) is 4.90 Å². The SMILES string of the molecule is C[C@H](C(N)=O)N(C)Cc1ccccc1Cl. The number of hydrogen-bond acceptors (Lipinski definition) is 2. The van der Waals surface area contributed by atoms with Crippen LogP contribution in [0.25, 0.3) is 0 Å². The number of benzene rings is 1. The smallest absolute Gasteiger partial charge is 0.234 e. The Bertz CT molecular complexity index is 354. The Morgan fingerprint density at radius 1 is 1.53 bits per heavy atom. The van der Waals surface area contributed by atoms with Gasteiger partial charge < -0.3 is 5.73 Å². The second-order valence-corrected chi connectivity index (χ2v) is 3.99. The Labute approximate surface area is 94.8 Å². The summed E-state index contributed by atoms with van der Waals surface area (Å²) in [7, 11) is 1.85. The van der Waals surface area contributed by atoms with Crippen molar-refractivity contribution >= 4 is 17.5 Å². The Hall–Kier alpha value is -1.06. The van der Waals surface area contributed by atoms with E-state index in [1.807, 2.05) is 36.2 Å². The van der Waals surface area contributed by atoms with Gasteiger partial charge >= 0.3 is 0 Å². The largest absolute Gasteiger partial charge is 0.368 e. The molecule has 15 heavy (non-hydrogen) atoms. The lowest BCUT2D eigenvalue weighted by atomic mass is 10.2. The minimum absolute atomic E-state index is 0.290. The molecule has 0 spiro atoms. The zero-order chi connectivity index (χ0) is 11.4. The number of carbonyl (C=O) groups excluding carboxylic acids is 1. The summed E-state index contributed by atoms with van der Waals surface area (Å²) in [4.78, 5) is 12.8. The highest BCUT2D eigenvalue weighted by Crippen LogP contribution is 2.17. The highest BCUT2D eigenvalue weighted by molar-refractivity contribution is 6.31. The predicted octanol–water partition coefficient (Wildman–Crippen LogP) is 1.65. The quantitative estimate of drug-likeness (QED) is 0.849. The van der Waals surface area contributed by atoms with Gasteiger partial charge in [0.1, 0.15) is 0 Å². The first-order valence-corrected chi connectivity index (χ1v) is 5.13. The van der Waals surface area contributed by atoms with E-state index < -0.39 is 0 Å². The van der Waals surface area contributed by atoms with E-state index in [4.69, 9.17) is 17.3 Å². The van der Waals surface area contributed by atoms with Crippen molar-refractivity contribution in [3.05, 3.63) is 34.9 Å². The van der Waals surface area contributed by atoms with Gasteiger partial charge in [-0.2, -0.15) is 0 Å². The third-order valence-electron chi connectivity index (χ3n) is 2.45. The zero-order valence-electron chi connectivity index (χ0n) is 8.90. The van der Waals surface area contributed by atoms with Crippen LogP contribution in [-0.4, -0.2) is 23.9 Å². The van der Waals surface area contributed by atoms with Crippen molar-refractivity contribution in [2.75, 3.05) is 7.05 Å². The highest BCUT2D eigenvalue weighted by atomic mass is 35.5. The molecule has 0 heterocycles. The summed E-state index contributed by atoms with van der Waals surface area (Å²) >= 11 is 6.01. The molecular formula is C11H15ClN2O. The molecule has 0 aliphatic rings. The van der Waals surface area contributed by atoms with E-state index in [1.54, 1.807) is 6.92 Å². The van der Waals surface area contributed by atoms with Gasteiger partial charge in [0, 0.05) is 11.6 Å². The van der Waals surface area contributed by atoms with Crippen LogP contribution in [-0.2, 0) is 11.3 Å². The summed E-state index contributed by atoms with van der Waals surface area (Å²) in [5, 5.41) is 0.709. The Balaban J connectivity index is 2.70. The molecule has 0 aliphatic carbocycles. The topological polar surface area (TPSA) is 46.3 Å². The molecule has 2 N–H and O–H groups in total. The molecule has 0 aliphatic heterocycles. The maximum Gasteiger partial charge on any atom is 0.234 e. The molecule has 82 valence electrons. The average Bonchev–Trinajstić information content (AvgIpc) is 2.20. The molecule has 0 saturated carbocycles. The predicted molar refractivity (Wildman–Crippen MR) is 61.6 cm³/mol. The van der Waals surface area contributed by atoms with Gasteiger partial charge in [0.15, 0.2) is 0 Å². The monoisotopic (exact) mass is 226 g/mol. The van der Waals surface area contributed by atoms with E-state index in [1.165, 1.54) is 0 Å². The third-order valence-corrected chi connectivity index (χ3v) is 2.82. The lowest BCUT2D eigenvalue weighted by Gasteiger charge is -2.22. The lowest BCUT2D eigenvalue weighted by Crippen LogP contribution is -2.39. The van der Waals surface area contributed by atoms with Gasteiger partial charge in [0.25, 0.3) is 0 Å². The number of halogens is 1. The molecular weight excluding hydrogens is 212 g/mol. The van der Waals surface area contributed by atoms with E-state index in [9.17, 15) is 4.79 Å². The van der Waals surface area contributed by atoms with Crippen molar-refractivity contribution in [3.63, 3.8) is 0 Å². The highest BCUT2D eigenvalue weighted by Gasteiger charge is 2.15. The Morgan fingerprint density at radius 3 is 2.67 bits per heavy atom. The Kier molecular flexibility index (Phi) is 4.12. The maximum absolute atomic E-state index is 11.0. The number of amides is 1. The molecule has 1 aromatic rings. The molecule has 0 aromatic heterocycles. The van der Waals surface area contributed by atoms with Crippen molar-refractivity contribution in [3.8, 4) is 0 Å². The first-order chi connectivity index (χ1) is 7.02. The number of hydrogen-bond donors (Lipinski definition) is 1. The second-order valence-electron chi connectivity index (χ2n) is 3.58. The van der Waals surface area contributed by atoms with Gasteiger partial charge in [0.2, 0.25) is 5.91 Å². The lowest BCUT2D eigenvalue weighted by molar-refractivity contribution is -0.122. The van der Waals surface area contributed by atoms with Crippen LogP contribution in [0, 0.1) is 0 Å². The van der Waals surface area contributed by atoms with Crippen LogP contribution in [0.3, 0.4) is 0 Å². The Morgan fingerprint density at radius 2 is 2.13 bits per heavy atom. The fourth-order valence-corrected chi connectivity index (χ4v) is 1.44. The summed E-state index contributed by atoms with van der Waals surface area (Å²) in [5.41, 5.74) is 6.21. The van der Waals surface area contributed by atoms with E-state index >= 15 is 0 Å². The number of nitrogens with zero attached hydrogens (tertiary/aromatic N) is 1. The standard InChI is InChI=1S/C11H15ClN2O/c1-8(11(13)15)14(2)7-9-5-3-4-6-10(9)12/h3-6,8H,7H2,1-2H3,(H2,13,15)/t8-/m1/s1. The number of primary amides is 1. The summed E-state index contributed by atoms with van der Waals surface area (Å²) < 4.78 is 0. The van der Waals surface area contributed by atoms with Gasteiger partial charge in [-0.15, -0.1) is 0 Å². The van der Waals surface area contributed by atoms with Crippen LogP contribution in [0.15, 0.2) is 24.3 Å². The van der Waals surface area contributed by atoms with Crippen molar-refractivity contribution in [2.45, 2.75) is 19.5 Å². The average molecular weight is 227 g/mol. The first kappa shape index (κ1) is 12.0. The van der Waals surface area contributed by atoms with E-state index in [-0.39, 0.29) is 11.9 Å². The number of rotatable bonds is 4. The number of nitrogens with two attached hydrogens (primary N) is 1. The molecule has 1 rings (SSSR count). The normalized spacial score (nSPS) is 12.8. The molecule has 0 fully saturated rings. The fourth-order valence-electron chi connectivity index (χ4n) is 1.25. The van der Waals surface area contributed by atoms with Crippen LogP contribution < -0.4 is 5.73 Å². The third kappa shape index (κ3) is 3.22. The van der Waals surface area contributed by atoms with Crippen LogP contribution >= 0.6 is 11.6 Å². The molecule has 0 unspecified atom stereocenters. The molecule has 1 atom stereocenters. The van der Waals surface area contributed by atoms with E-state index in [2.05, 4.69) is 0 Å². The molecule has 3 nitrogen and oxygen atoms in total. The maximum atomic E-state index is 11.0. The second kappa shape index (κ2) is 5.14. The molecule has 4 heteroatoms. The molecule has 0 radical (unpaired) electrons. The van der Waals surface area contributed by atoms with Gasteiger partial charge in [-0.3, -0.25) is 9.69 Å². The van der Waals surface area contributed by atoms with Crippen molar-refractivity contribution < 1.29 is 4.79 Å². The minimum Gasteiger partial charge on any atom is -0.368 e. The van der Waals surface area contributed by atoms with Gasteiger partial charge in [-0.05, 0) is 25.6 Å². The van der Waals surface area contributed by atoms with Crippen LogP contribution in [0.1, 0.15) is 12.5 Å². The summed E-state index contributed by atoms with van der Waals surface area (Å²) in [6.45, 7) is 2.39. The molecule has 0 bridgehead atoms. The fraction of sp³-hybridized carbons (Fsp3) is 0.364. The van der Waals surface area contributed by atoms with Gasteiger partial charge in [0.05, 0.1) is 6.04 Å². The van der Waals surface area contributed by atoms with Crippen LogP contribution in [0.4, 0.5) is 0 Å². The van der Waals surface area contributed by atoms with Crippen molar-refractivity contribution in [1.29, 1.82) is 0 Å². The number of likely N-dealkylation sites (N-methyl/N-ethyl adjacent to an activating group) is 1. The first-order valence-electron chi connectivity index (χ1n) is 4.75. The van der Waals surface area contributed by atoms with E-state index in [0.717, 1.165) is 5.56 Å². The number of carbonyl (C=O) groups is 1. The van der Waals surface area contributed by atoms with Gasteiger partial charge in [-0.1, -0.05) is 29.8 Å². The van der Waals surface area contributed by atoms with Crippen LogP contribution in [0.2, 0.25) is 5.02 Å². The molecule has 1 aromatic carbocycles. The molecule has 0 saturated heterocycles. The summed E-state index contributed by atoms with van der Waals surface area (Å²) in [6.07, 6.45) is 0. The zero-order valence-corrected chi connectivity index (χ0v) is 9.66. The molecule has 1 amide bonds.